The van der Waals surface area contributed by atoms with Crippen LogP contribution in [0.2, 0.25) is 0 Å². The highest BCUT2D eigenvalue weighted by Gasteiger charge is 2.66. The highest BCUT2D eigenvalue weighted by Crippen LogP contribution is 2.43. The van der Waals surface area contributed by atoms with Gasteiger partial charge in [0.25, 0.3) is 0 Å². The van der Waals surface area contributed by atoms with Gasteiger partial charge in [-0.15, -0.1) is 11.6 Å². The summed E-state index contributed by atoms with van der Waals surface area (Å²) in [6, 6.07) is 6.87. The fraction of sp³-hybridized carbons (Fsp3) is 0.625. The maximum Gasteiger partial charge on any atom is 0.488 e. The van der Waals surface area contributed by atoms with E-state index in [1.807, 2.05) is 83.1 Å². The second-order valence-electron chi connectivity index (χ2n) is 33.8. The van der Waals surface area contributed by atoms with Crippen LogP contribution in [0.25, 0.3) is 0 Å². The summed E-state index contributed by atoms with van der Waals surface area (Å²) in [6.07, 6.45) is -50.3. The fourth-order valence-corrected chi connectivity index (χ4v) is 16.6. The molecule has 0 spiro atoms. The molecule has 114 heavy (non-hydrogen) atoms. The van der Waals surface area contributed by atoms with Crippen molar-refractivity contribution in [2.45, 2.75) is 129 Å². The maximum absolute atomic E-state index is 13.5. The standard InChI is InChI=1S/C13H17BF2O2.C12H24B2O4.C7H5ClF2.B68/c1-12(2)13(3,4)18-14(17-12)8-9-5-6-10(15)7-11(9)16;1-9(2)10(3,4)16-13(15-9)14-17-11(5,6)12(7,8)18-14;8-4-5-1-2-6(9)3-7(5)10;1-36(2)53(35)62(54(37(3)4)38(5)6)66(61(51(31)32)52(33)34)68(65(59(47(23)24)48(25)26)60(49(27)28)50(29)30)67(63(55(39(7)8)40(9)10)56(41(11)12)42(13)14)64(57(43(15)16)44(17)18)58(45(19)20)46(21)22/h5-7H,8H2,1-4H3;1-8H3;1-3H,4H2;. The highest BCUT2D eigenvalue weighted by atomic mass is 35.5. The van der Waals surface area contributed by atoms with Crippen molar-refractivity contribution in [3.8, 4) is 0 Å². The van der Waals surface area contributed by atoms with E-state index in [0.29, 0.717) is 11.1 Å². The molecule has 70 radical (unpaired) electrons. The van der Waals surface area contributed by atoms with Crippen LogP contribution in [0.5, 0.6) is 0 Å². The quantitative estimate of drug-likeness (QED) is 0.0385. The normalized spacial score (nSPS) is 15.1. The van der Waals surface area contributed by atoms with Crippen molar-refractivity contribution >= 4 is 514 Å². The molecule has 5 rings (SSSR count). The van der Waals surface area contributed by atoms with Gasteiger partial charge in [-0.1, -0.05) is 12.1 Å². The molecule has 0 bridgehead atoms. The molecule has 0 unspecified atom stereocenters. The van der Waals surface area contributed by atoms with Crippen LogP contribution in [0, 0.1) is 23.3 Å². The monoisotopic (exact) mass is 1420 g/mol. The molecule has 2 aromatic carbocycles. The predicted molar refractivity (Wildman–Crippen MR) is 565 cm³/mol. The Morgan fingerprint density at radius 1 is 0.254 bits per heavy atom. The lowest BCUT2D eigenvalue weighted by Gasteiger charge is -2.60. The van der Waals surface area contributed by atoms with Crippen LogP contribution in [-0.2, 0) is 40.1 Å². The Labute approximate surface area is 752 Å². The van der Waals surface area contributed by atoms with Crippen molar-refractivity contribution in [3.63, 3.8) is 0 Å². The topological polar surface area (TPSA) is 55.4 Å². The van der Waals surface area contributed by atoms with Gasteiger partial charge in [0, 0.05) is 506 Å². The molecule has 0 aliphatic carbocycles. The number of alkyl halides is 1. The van der Waals surface area contributed by atoms with Crippen LogP contribution in [0.3, 0.4) is 0 Å². The van der Waals surface area contributed by atoms with Gasteiger partial charge in [-0.05, 0) is 101 Å². The van der Waals surface area contributed by atoms with E-state index in [-0.39, 0.29) is 34.6 Å². The minimum absolute atomic E-state index is 0.0755. The Morgan fingerprint density at radius 3 is 0.614 bits per heavy atom. The first-order chi connectivity index (χ1) is 51.7. The Hall–Kier alpha value is 2.82. The third kappa shape index (κ3) is 29.7. The second kappa shape index (κ2) is 47.8. The molecule has 0 saturated carbocycles. The highest BCUT2D eigenvalue weighted by molar-refractivity contribution is 8.39. The van der Waals surface area contributed by atoms with Crippen molar-refractivity contribution in [2.75, 3.05) is 0 Å². The van der Waals surface area contributed by atoms with E-state index in [2.05, 4.69) is 0 Å². The molecule has 2 aromatic rings. The number of benzene rings is 2. The second-order valence-corrected chi connectivity index (χ2v) is 34.1. The zero-order valence-electron chi connectivity index (χ0n) is 68.2. The molecular formula is C32H46B71ClF4O6. The van der Waals surface area contributed by atoms with Crippen LogP contribution >= 0.6 is 11.6 Å². The summed E-state index contributed by atoms with van der Waals surface area (Å²) in [5.41, 5.74) is -1.59. The third-order valence-electron chi connectivity index (χ3n) is 23.9. The van der Waals surface area contributed by atoms with Gasteiger partial charge in [0.05, 0.1) is 39.5 Å². The SMILES string of the molecule is CC1(C)OB(B2OC(C)(C)C(C)(C)O2)OC1(C)C.CC1(C)OB(Cc2ccc(F)cc2F)OC1(C)C.Fc1ccc(CCl)c(F)c1.[B]B([B])B([B])B(B(B([B])[B])B([B])[B])B(B(B([B])[B])B([B])[B])B(B(B(B([B])[B])B([B])[B])B(B([B])[B])B([B])[B])B(B(B(B([B])[B])B([B])[B])B(B([B])[B])B([B])[B])B(B(B([B])[B])B([B])[B])B(B([B])[B])B([B])[B]. The Balaban J connectivity index is 0.000000747. The fourth-order valence-electron chi connectivity index (χ4n) is 16.3. The molecule has 0 amide bonds. The molecule has 82 heteroatoms. The average molecular weight is 1410 g/mol. The van der Waals surface area contributed by atoms with E-state index >= 15 is 0 Å². The van der Waals surface area contributed by atoms with Gasteiger partial charge >= 0.3 is 21.1 Å². The zero-order chi connectivity index (χ0) is 89.1. The maximum atomic E-state index is 13.5. The van der Waals surface area contributed by atoms with E-state index in [4.69, 9.17) is 310 Å². The van der Waals surface area contributed by atoms with Gasteiger partial charge in [0.15, 0.2) is 0 Å². The first-order valence-corrected chi connectivity index (χ1v) is 38.2. The third-order valence-corrected chi connectivity index (χ3v) is 24.1. The summed E-state index contributed by atoms with van der Waals surface area (Å²) in [5.74, 6) is -2.23. The van der Waals surface area contributed by atoms with Gasteiger partial charge in [0.1, 0.15) is 23.3 Å². The average Bonchev–Trinajstić information content (AvgIpc) is 1.23. The Kier molecular flexibility index (Phi) is 47.3. The predicted octanol–water partition coefficient (Wildman–Crippen LogP) is -17.8. The lowest BCUT2D eigenvalue weighted by molar-refractivity contribution is 0.00578. The van der Waals surface area contributed by atoms with Crippen LogP contribution in [0.1, 0.15) is 94.2 Å². The molecule has 3 aliphatic heterocycles. The van der Waals surface area contributed by atoms with E-state index in [9.17, 15) is 17.6 Å². The molecule has 3 fully saturated rings. The molecule has 458 valence electrons. The van der Waals surface area contributed by atoms with Crippen molar-refractivity contribution < 1.29 is 45.5 Å². The van der Waals surface area contributed by atoms with Gasteiger partial charge in [-0.25, -0.2) is 17.6 Å². The minimum Gasteiger partial charge on any atom is -0.405 e. The van der Waals surface area contributed by atoms with Crippen molar-refractivity contribution in [2.24, 2.45) is 0 Å². The molecule has 3 aliphatic rings. The number of rotatable bonds is 36. The van der Waals surface area contributed by atoms with Crippen LogP contribution < -0.4 is 0 Å². The number of hydrogen-bond donors (Lipinski definition) is 0. The van der Waals surface area contributed by atoms with Crippen LogP contribution in [0.15, 0.2) is 36.4 Å². The van der Waals surface area contributed by atoms with E-state index < -0.39 is 266 Å². The molecular weight excluding hydrogens is 1360 g/mol. The summed E-state index contributed by atoms with van der Waals surface area (Å²) in [5, 5.41) is 0. The zero-order valence-corrected chi connectivity index (χ0v) is 69.0. The lowest BCUT2D eigenvalue weighted by atomic mass is 8.21. The molecule has 0 N–H and O–H groups in total. The molecule has 0 aromatic heterocycles. The molecule has 6 nitrogen and oxygen atoms in total. The molecule has 3 saturated heterocycles. The Bertz CT molecular complexity index is 2900. The number of halogens is 5. The summed E-state index contributed by atoms with van der Waals surface area (Å²) in [7, 11) is 233. The van der Waals surface area contributed by atoms with Gasteiger partial charge in [-0.2, -0.15) is 0 Å². The van der Waals surface area contributed by atoms with Gasteiger partial charge in [-0.3, -0.25) is 0 Å². The lowest BCUT2D eigenvalue weighted by Crippen LogP contribution is -2.98. The minimum atomic E-state index is -1.68. The van der Waals surface area contributed by atoms with E-state index in [1.165, 1.54) is 24.3 Å². The summed E-state index contributed by atoms with van der Waals surface area (Å²) in [6.45, 7) is 24.0. The largest absolute Gasteiger partial charge is 0.488 e. The molecule has 3 heterocycles. The Morgan fingerprint density at radius 2 is 0.430 bits per heavy atom. The van der Waals surface area contributed by atoms with Crippen molar-refractivity contribution in [1.82, 2.24) is 0 Å². The summed E-state index contributed by atoms with van der Waals surface area (Å²) < 4.78 is 86.5. The summed E-state index contributed by atoms with van der Waals surface area (Å²) in [4.78, 5) is 0. The smallest absolute Gasteiger partial charge is 0.405 e. The van der Waals surface area contributed by atoms with Crippen LogP contribution in [-0.4, -0.2) is 536 Å². The summed E-state index contributed by atoms with van der Waals surface area (Å²) >= 11 is 5.32. The first-order valence-electron chi connectivity index (χ1n) is 37.7. The van der Waals surface area contributed by atoms with E-state index in [1.54, 1.807) is 0 Å². The van der Waals surface area contributed by atoms with Crippen molar-refractivity contribution in [1.29, 1.82) is 0 Å². The first kappa shape index (κ1) is 113. The number of hydrogen-bond acceptors (Lipinski definition) is 6. The van der Waals surface area contributed by atoms with Crippen LogP contribution in [0.4, 0.5) is 17.6 Å². The van der Waals surface area contributed by atoms with Gasteiger partial charge < -0.3 is 27.9 Å². The van der Waals surface area contributed by atoms with Gasteiger partial charge in [0.2, 0.25) is 0 Å². The molecule has 0 atom stereocenters. The van der Waals surface area contributed by atoms with Crippen molar-refractivity contribution in [3.05, 3.63) is 70.8 Å². The van der Waals surface area contributed by atoms with E-state index in [0.717, 1.165) is 12.1 Å².